The van der Waals surface area contributed by atoms with E-state index in [1.54, 1.807) is 6.92 Å². The van der Waals surface area contributed by atoms with Crippen molar-refractivity contribution >= 4 is 21.6 Å². The maximum Gasteiger partial charge on any atom is 0.151 e. The van der Waals surface area contributed by atoms with E-state index >= 15 is 0 Å². The highest BCUT2D eigenvalue weighted by Crippen LogP contribution is 2.37. The maximum absolute atomic E-state index is 11.4. The van der Waals surface area contributed by atoms with Gasteiger partial charge in [0.25, 0.3) is 0 Å². The lowest BCUT2D eigenvalue weighted by molar-refractivity contribution is 0.577. The molecule has 5 heteroatoms. The Morgan fingerprint density at radius 2 is 2.18 bits per heavy atom. The topological polar surface area (TPSA) is 46.2 Å². The third-order valence-corrected chi connectivity index (χ3v) is 5.83. The summed E-state index contributed by atoms with van der Waals surface area (Å²) in [5.41, 5.74) is 1.30. The molecule has 1 aliphatic heterocycles. The molecule has 1 heterocycles. The summed E-state index contributed by atoms with van der Waals surface area (Å²) >= 11 is 1.83. The van der Waals surface area contributed by atoms with Crippen molar-refractivity contribution in [2.24, 2.45) is 0 Å². The van der Waals surface area contributed by atoms with Crippen molar-refractivity contribution in [2.75, 3.05) is 23.8 Å². The van der Waals surface area contributed by atoms with Gasteiger partial charge in [0.1, 0.15) is 0 Å². The quantitative estimate of drug-likeness (QED) is 0.888. The molecule has 0 radical (unpaired) electrons. The lowest BCUT2D eigenvalue weighted by Gasteiger charge is -2.12. The average Bonchev–Trinajstić information content (AvgIpc) is 2.73. The normalized spacial score (nSPS) is 19.2. The Bertz CT molecular complexity index is 485. The van der Waals surface area contributed by atoms with Gasteiger partial charge in [0, 0.05) is 29.0 Å². The molecular weight excluding hydrogens is 254 g/mol. The molecule has 0 saturated carbocycles. The van der Waals surface area contributed by atoms with E-state index in [4.69, 9.17) is 0 Å². The second-order valence-corrected chi connectivity index (χ2v) is 7.63. The molecule has 2 rings (SSSR count). The summed E-state index contributed by atoms with van der Waals surface area (Å²) < 4.78 is 22.7. The molecule has 0 bridgehead atoms. The first-order chi connectivity index (χ1) is 8.12. The fourth-order valence-electron chi connectivity index (χ4n) is 1.86. The molecule has 1 aliphatic rings. The number of thioether (sulfide) groups is 1. The summed E-state index contributed by atoms with van der Waals surface area (Å²) in [7, 11) is -2.86. The van der Waals surface area contributed by atoms with E-state index in [0.29, 0.717) is 12.6 Å². The predicted octanol–water partition coefficient (Wildman–Crippen LogP) is 1.86. The molecule has 17 heavy (non-hydrogen) atoms. The lowest BCUT2D eigenvalue weighted by atomic mass is 10.1. The van der Waals surface area contributed by atoms with Crippen LogP contribution in [0.3, 0.4) is 0 Å². The first-order valence-electron chi connectivity index (χ1n) is 5.78. The smallest absolute Gasteiger partial charge is 0.151 e. The van der Waals surface area contributed by atoms with Gasteiger partial charge in [-0.1, -0.05) is 25.1 Å². The Morgan fingerprint density at radius 1 is 1.41 bits per heavy atom. The molecule has 0 aromatic heterocycles. The standard InChI is InChI=1S/C12H17NO2S2/c1-2-17(14,15)8-7-13-11-9-16-12-6-4-3-5-10(11)12/h3-6,11,13H,2,7-9H2,1H3. The van der Waals surface area contributed by atoms with Crippen LogP contribution in [-0.2, 0) is 9.84 Å². The number of rotatable bonds is 5. The van der Waals surface area contributed by atoms with Crippen molar-refractivity contribution in [3.05, 3.63) is 29.8 Å². The fourth-order valence-corrected chi connectivity index (χ4v) is 3.78. The molecule has 0 saturated heterocycles. The summed E-state index contributed by atoms with van der Waals surface area (Å²) in [5, 5.41) is 3.33. The van der Waals surface area contributed by atoms with Crippen LogP contribution < -0.4 is 5.32 Å². The van der Waals surface area contributed by atoms with Crippen molar-refractivity contribution in [1.29, 1.82) is 0 Å². The van der Waals surface area contributed by atoms with Gasteiger partial charge >= 0.3 is 0 Å². The molecule has 0 amide bonds. The SMILES string of the molecule is CCS(=O)(=O)CCNC1CSc2ccccc21. The number of fused-ring (bicyclic) bond motifs is 1. The van der Waals surface area contributed by atoms with Crippen LogP contribution in [0.5, 0.6) is 0 Å². The van der Waals surface area contributed by atoms with Crippen molar-refractivity contribution in [1.82, 2.24) is 5.32 Å². The van der Waals surface area contributed by atoms with Gasteiger partial charge < -0.3 is 5.32 Å². The molecule has 1 unspecified atom stereocenters. The Labute approximate surface area is 107 Å². The van der Waals surface area contributed by atoms with E-state index in [1.165, 1.54) is 10.5 Å². The summed E-state index contributed by atoms with van der Waals surface area (Å²) in [6.07, 6.45) is 0. The fraction of sp³-hybridized carbons (Fsp3) is 0.500. The highest BCUT2D eigenvalue weighted by atomic mass is 32.2. The Morgan fingerprint density at radius 3 is 2.94 bits per heavy atom. The van der Waals surface area contributed by atoms with Gasteiger partial charge in [-0.05, 0) is 11.6 Å². The largest absolute Gasteiger partial charge is 0.308 e. The molecule has 1 aromatic rings. The zero-order valence-electron chi connectivity index (χ0n) is 9.85. The number of sulfone groups is 1. The molecule has 1 N–H and O–H groups in total. The van der Waals surface area contributed by atoms with Gasteiger partial charge in [-0.3, -0.25) is 0 Å². The third-order valence-electron chi connectivity index (χ3n) is 2.94. The Balaban J connectivity index is 1.90. The van der Waals surface area contributed by atoms with Gasteiger partial charge in [-0.25, -0.2) is 8.42 Å². The van der Waals surface area contributed by atoms with Crippen molar-refractivity contribution < 1.29 is 8.42 Å². The molecular formula is C12H17NO2S2. The van der Waals surface area contributed by atoms with E-state index in [1.807, 2.05) is 23.9 Å². The highest BCUT2D eigenvalue weighted by Gasteiger charge is 2.22. The second kappa shape index (κ2) is 5.42. The minimum Gasteiger partial charge on any atom is -0.308 e. The summed E-state index contributed by atoms with van der Waals surface area (Å²) in [4.78, 5) is 1.31. The van der Waals surface area contributed by atoms with Crippen LogP contribution in [0.2, 0.25) is 0 Å². The molecule has 1 atom stereocenters. The van der Waals surface area contributed by atoms with Crippen molar-refractivity contribution in [3.63, 3.8) is 0 Å². The van der Waals surface area contributed by atoms with Crippen LogP contribution in [0.1, 0.15) is 18.5 Å². The Kier molecular flexibility index (Phi) is 4.12. The van der Waals surface area contributed by atoms with Gasteiger partial charge in [0.2, 0.25) is 0 Å². The van der Waals surface area contributed by atoms with Gasteiger partial charge in [0.15, 0.2) is 9.84 Å². The number of nitrogens with one attached hydrogen (secondary N) is 1. The summed E-state index contributed by atoms with van der Waals surface area (Å²) in [5.74, 6) is 1.45. The van der Waals surface area contributed by atoms with Crippen LogP contribution in [0.4, 0.5) is 0 Å². The van der Waals surface area contributed by atoms with Gasteiger partial charge in [-0.2, -0.15) is 0 Å². The summed E-state index contributed by atoms with van der Waals surface area (Å²) in [6.45, 7) is 2.23. The molecule has 3 nitrogen and oxygen atoms in total. The van der Waals surface area contributed by atoms with Gasteiger partial charge in [-0.15, -0.1) is 11.8 Å². The van der Waals surface area contributed by atoms with Crippen LogP contribution in [0.15, 0.2) is 29.2 Å². The van der Waals surface area contributed by atoms with Crippen LogP contribution >= 0.6 is 11.8 Å². The highest BCUT2D eigenvalue weighted by molar-refractivity contribution is 7.99. The minimum atomic E-state index is -2.86. The van der Waals surface area contributed by atoms with Crippen molar-refractivity contribution in [3.8, 4) is 0 Å². The van der Waals surface area contributed by atoms with Gasteiger partial charge in [0.05, 0.1) is 5.75 Å². The number of hydrogen-bond donors (Lipinski definition) is 1. The second-order valence-electron chi connectivity index (χ2n) is 4.09. The molecule has 94 valence electrons. The van der Waals surface area contributed by atoms with E-state index in [-0.39, 0.29) is 11.5 Å². The molecule has 0 fully saturated rings. The van der Waals surface area contributed by atoms with E-state index < -0.39 is 9.84 Å². The third kappa shape index (κ3) is 3.24. The zero-order chi connectivity index (χ0) is 12.3. The molecule has 0 aliphatic carbocycles. The maximum atomic E-state index is 11.4. The predicted molar refractivity (Wildman–Crippen MR) is 72.2 cm³/mol. The van der Waals surface area contributed by atoms with Crippen LogP contribution in [0.25, 0.3) is 0 Å². The number of benzene rings is 1. The average molecular weight is 271 g/mol. The lowest BCUT2D eigenvalue weighted by Crippen LogP contribution is -2.27. The summed E-state index contributed by atoms with van der Waals surface area (Å²) in [6, 6.07) is 8.59. The Hall–Kier alpha value is -0.520. The molecule has 1 aromatic carbocycles. The monoisotopic (exact) mass is 271 g/mol. The molecule has 0 spiro atoms. The minimum absolute atomic E-state index is 0.227. The van der Waals surface area contributed by atoms with Crippen LogP contribution in [-0.4, -0.2) is 32.2 Å². The van der Waals surface area contributed by atoms with Crippen molar-refractivity contribution in [2.45, 2.75) is 17.9 Å². The van der Waals surface area contributed by atoms with Crippen LogP contribution in [0, 0.1) is 0 Å². The first-order valence-corrected chi connectivity index (χ1v) is 8.58. The first kappa shape index (κ1) is 12.9. The zero-order valence-corrected chi connectivity index (χ0v) is 11.5. The van der Waals surface area contributed by atoms with E-state index in [9.17, 15) is 8.42 Å². The van der Waals surface area contributed by atoms with E-state index in [2.05, 4.69) is 17.4 Å². The number of hydrogen-bond acceptors (Lipinski definition) is 4. The van der Waals surface area contributed by atoms with E-state index in [0.717, 1.165) is 5.75 Å².